The van der Waals surface area contributed by atoms with Gasteiger partial charge in [-0.05, 0) is 12.1 Å². The molecule has 15 heavy (non-hydrogen) atoms. The summed E-state index contributed by atoms with van der Waals surface area (Å²) >= 11 is 3.43. The molecule has 0 atom stereocenters. The fourth-order valence-electron chi connectivity index (χ4n) is 1.27. The average molecular weight is 268 g/mol. The molecule has 0 fully saturated rings. The van der Waals surface area contributed by atoms with Gasteiger partial charge in [0, 0.05) is 22.6 Å². The third-order valence-corrected chi connectivity index (χ3v) is 2.66. The molecule has 4 nitrogen and oxygen atoms in total. The van der Waals surface area contributed by atoms with Crippen molar-refractivity contribution in [2.75, 3.05) is 18.5 Å². The monoisotopic (exact) mass is 267 g/mol. The minimum absolute atomic E-state index is 0.0693. The van der Waals surface area contributed by atoms with Crippen LogP contribution in [0, 0.1) is 0 Å². The summed E-state index contributed by atoms with van der Waals surface area (Å²) < 4.78 is 0.980. The van der Waals surface area contributed by atoms with Crippen LogP contribution < -0.4 is 5.32 Å². The van der Waals surface area contributed by atoms with Crippen molar-refractivity contribution in [3.8, 4) is 0 Å². The summed E-state index contributed by atoms with van der Waals surface area (Å²) in [6.45, 7) is 0.527. The van der Waals surface area contributed by atoms with Crippen molar-refractivity contribution in [2.24, 2.45) is 0 Å². The number of rotatable bonds is 3. The fourth-order valence-corrected chi connectivity index (χ4v) is 1.73. The Morgan fingerprint density at radius 1 is 1.40 bits per heavy atom. The lowest BCUT2D eigenvalue weighted by Gasteiger charge is -2.04. The second kappa shape index (κ2) is 4.55. The molecule has 0 amide bonds. The zero-order valence-corrected chi connectivity index (χ0v) is 9.53. The second-order valence-electron chi connectivity index (χ2n) is 3.02. The molecule has 0 unspecified atom stereocenters. The molecule has 2 rings (SSSR count). The molecular weight excluding hydrogens is 258 g/mol. The molecule has 0 aliphatic heterocycles. The average Bonchev–Trinajstić information content (AvgIpc) is 2.26. The highest BCUT2D eigenvalue weighted by molar-refractivity contribution is 9.10. The zero-order chi connectivity index (χ0) is 10.7. The molecule has 0 saturated carbocycles. The van der Waals surface area contributed by atoms with Crippen LogP contribution in [0.3, 0.4) is 0 Å². The number of hydrogen-bond donors (Lipinski definition) is 2. The topological polar surface area (TPSA) is 58.0 Å². The van der Waals surface area contributed by atoms with Gasteiger partial charge < -0.3 is 10.4 Å². The molecule has 0 aliphatic carbocycles. The molecule has 2 N–H and O–H groups in total. The maximum atomic E-state index is 8.66. The van der Waals surface area contributed by atoms with Gasteiger partial charge in [-0.3, -0.25) is 0 Å². The van der Waals surface area contributed by atoms with Gasteiger partial charge in [-0.25, -0.2) is 9.97 Å². The highest BCUT2D eigenvalue weighted by atomic mass is 79.9. The fraction of sp³-hybridized carbons (Fsp3) is 0.200. The van der Waals surface area contributed by atoms with Crippen molar-refractivity contribution < 1.29 is 5.11 Å². The van der Waals surface area contributed by atoms with Crippen LogP contribution in [-0.2, 0) is 0 Å². The van der Waals surface area contributed by atoms with Gasteiger partial charge in [0.15, 0.2) is 0 Å². The normalized spacial score (nSPS) is 10.5. The van der Waals surface area contributed by atoms with E-state index in [-0.39, 0.29) is 6.61 Å². The van der Waals surface area contributed by atoms with Crippen LogP contribution in [0.1, 0.15) is 0 Å². The highest BCUT2D eigenvalue weighted by Gasteiger charge is 2.01. The first kappa shape index (κ1) is 10.3. The smallest absolute Gasteiger partial charge is 0.223 e. The van der Waals surface area contributed by atoms with E-state index < -0.39 is 0 Å². The van der Waals surface area contributed by atoms with E-state index in [0.717, 1.165) is 15.4 Å². The molecule has 78 valence electrons. The van der Waals surface area contributed by atoms with E-state index in [0.29, 0.717) is 12.5 Å². The van der Waals surface area contributed by atoms with Crippen LogP contribution >= 0.6 is 15.9 Å². The molecule has 5 heteroatoms. The van der Waals surface area contributed by atoms with Crippen LogP contribution in [0.2, 0.25) is 0 Å². The summed E-state index contributed by atoms with van der Waals surface area (Å²) in [6, 6.07) is 5.80. The predicted molar refractivity (Wildman–Crippen MR) is 62.8 cm³/mol. The quantitative estimate of drug-likeness (QED) is 0.891. The maximum absolute atomic E-state index is 8.66. The number of nitrogens with zero attached hydrogens (tertiary/aromatic N) is 2. The van der Waals surface area contributed by atoms with E-state index in [9.17, 15) is 0 Å². The van der Waals surface area contributed by atoms with E-state index in [1.165, 1.54) is 0 Å². The van der Waals surface area contributed by atoms with Gasteiger partial charge in [0.2, 0.25) is 5.95 Å². The SMILES string of the molecule is OCCNc1ncc2c(Br)cccc2n1. The first-order chi connectivity index (χ1) is 7.31. The van der Waals surface area contributed by atoms with Crippen LogP contribution in [0.15, 0.2) is 28.9 Å². The van der Waals surface area contributed by atoms with Gasteiger partial charge in [0.1, 0.15) is 0 Å². The van der Waals surface area contributed by atoms with E-state index in [1.807, 2.05) is 18.2 Å². The molecule has 0 saturated heterocycles. The number of aliphatic hydroxyl groups is 1. The minimum atomic E-state index is 0.0693. The Balaban J connectivity index is 2.39. The summed E-state index contributed by atoms with van der Waals surface area (Å²) in [6.07, 6.45) is 1.76. The molecule has 2 aromatic rings. The third kappa shape index (κ3) is 2.24. The first-order valence-corrected chi connectivity index (χ1v) is 5.36. The van der Waals surface area contributed by atoms with Gasteiger partial charge in [-0.1, -0.05) is 22.0 Å². The number of aromatic nitrogens is 2. The Labute approximate surface area is 95.5 Å². The Hall–Kier alpha value is -1.20. The number of nitrogens with one attached hydrogen (secondary N) is 1. The van der Waals surface area contributed by atoms with Gasteiger partial charge in [-0.15, -0.1) is 0 Å². The standard InChI is InChI=1S/C10H10BrN3O/c11-8-2-1-3-9-7(8)6-13-10(14-9)12-4-5-15/h1-3,6,15H,4-5H2,(H,12,13,14). The lowest BCUT2D eigenvalue weighted by atomic mass is 10.2. The zero-order valence-electron chi connectivity index (χ0n) is 7.94. The molecule has 1 heterocycles. The molecular formula is C10H10BrN3O. The van der Waals surface area contributed by atoms with Crippen molar-refractivity contribution in [3.63, 3.8) is 0 Å². The number of anilines is 1. The van der Waals surface area contributed by atoms with Crippen LogP contribution in [-0.4, -0.2) is 28.2 Å². The summed E-state index contributed by atoms with van der Waals surface area (Å²) in [4.78, 5) is 8.45. The predicted octanol–water partition coefficient (Wildman–Crippen LogP) is 1.80. The molecule has 0 bridgehead atoms. The van der Waals surface area contributed by atoms with Crippen molar-refractivity contribution in [2.45, 2.75) is 0 Å². The molecule has 0 aliphatic rings. The van der Waals surface area contributed by atoms with E-state index in [4.69, 9.17) is 5.11 Å². The van der Waals surface area contributed by atoms with E-state index >= 15 is 0 Å². The first-order valence-electron chi connectivity index (χ1n) is 4.57. The summed E-state index contributed by atoms with van der Waals surface area (Å²) in [5.74, 6) is 0.537. The van der Waals surface area contributed by atoms with Gasteiger partial charge in [0.25, 0.3) is 0 Å². The largest absolute Gasteiger partial charge is 0.395 e. The van der Waals surface area contributed by atoms with Crippen molar-refractivity contribution in [1.82, 2.24) is 9.97 Å². The summed E-state index contributed by atoms with van der Waals surface area (Å²) in [5.41, 5.74) is 0.875. The van der Waals surface area contributed by atoms with Gasteiger partial charge >= 0.3 is 0 Å². The van der Waals surface area contributed by atoms with E-state index in [1.54, 1.807) is 6.20 Å². The number of aliphatic hydroxyl groups excluding tert-OH is 1. The number of hydrogen-bond acceptors (Lipinski definition) is 4. The van der Waals surface area contributed by atoms with E-state index in [2.05, 4.69) is 31.2 Å². The lowest BCUT2D eigenvalue weighted by molar-refractivity contribution is 0.311. The molecule has 1 aromatic carbocycles. The van der Waals surface area contributed by atoms with Crippen LogP contribution in [0.5, 0.6) is 0 Å². The molecule has 0 radical (unpaired) electrons. The highest BCUT2D eigenvalue weighted by Crippen LogP contribution is 2.21. The minimum Gasteiger partial charge on any atom is -0.395 e. The Bertz CT molecular complexity index is 475. The van der Waals surface area contributed by atoms with Crippen LogP contribution in [0.4, 0.5) is 5.95 Å². The molecule has 1 aromatic heterocycles. The Morgan fingerprint density at radius 3 is 3.07 bits per heavy atom. The number of benzene rings is 1. The number of fused-ring (bicyclic) bond motifs is 1. The number of halogens is 1. The van der Waals surface area contributed by atoms with Crippen LogP contribution in [0.25, 0.3) is 10.9 Å². The van der Waals surface area contributed by atoms with Crippen molar-refractivity contribution in [3.05, 3.63) is 28.9 Å². The molecule has 0 spiro atoms. The Morgan fingerprint density at radius 2 is 2.27 bits per heavy atom. The second-order valence-corrected chi connectivity index (χ2v) is 3.87. The van der Waals surface area contributed by atoms with Crippen molar-refractivity contribution in [1.29, 1.82) is 0 Å². The third-order valence-electron chi connectivity index (χ3n) is 1.97. The van der Waals surface area contributed by atoms with Crippen molar-refractivity contribution >= 4 is 32.8 Å². The summed E-state index contributed by atoms with van der Waals surface area (Å²) in [7, 11) is 0. The van der Waals surface area contributed by atoms with Gasteiger partial charge in [-0.2, -0.15) is 0 Å². The summed E-state index contributed by atoms with van der Waals surface area (Å²) in [5, 5.41) is 12.6. The maximum Gasteiger partial charge on any atom is 0.223 e. The lowest BCUT2D eigenvalue weighted by Crippen LogP contribution is -2.08. The Kier molecular flexibility index (Phi) is 3.13. The van der Waals surface area contributed by atoms with Gasteiger partial charge in [0.05, 0.1) is 12.1 Å².